The number of fused-ring (bicyclic) bond motifs is 1. The second kappa shape index (κ2) is 5.78. The van der Waals surface area contributed by atoms with Crippen LogP contribution in [0.5, 0.6) is 5.75 Å². The lowest BCUT2D eigenvalue weighted by Gasteiger charge is -2.18. The highest BCUT2D eigenvalue weighted by atomic mass is 32.2. The molecular formula is C15H14N2O4S. The van der Waals surface area contributed by atoms with Crippen LogP contribution < -0.4 is 14.8 Å². The first-order valence-corrected chi connectivity index (χ1v) is 8.13. The van der Waals surface area contributed by atoms with E-state index in [2.05, 4.69) is 10.0 Å². The maximum atomic E-state index is 12.3. The lowest BCUT2D eigenvalue weighted by atomic mass is 10.2. The molecule has 2 N–H and O–H groups in total. The van der Waals surface area contributed by atoms with Gasteiger partial charge in [0.25, 0.3) is 5.91 Å². The van der Waals surface area contributed by atoms with Crippen molar-refractivity contribution in [2.75, 3.05) is 11.9 Å². The normalized spacial score (nSPS) is 13.9. The molecule has 2 aromatic rings. The van der Waals surface area contributed by atoms with Gasteiger partial charge in [0, 0.05) is 12.6 Å². The van der Waals surface area contributed by atoms with Crippen LogP contribution in [-0.2, 0) is 21.4 Å². The Morgan fingerprint density at radius 3 is 2.68 bits per heavy atom. The lowest BCUT2D eigenvalue weighted by Crippen LogP contribution is -2.26. The number of ether oxygens (including phenoxy) is 1. The van der Waals surface area contributed by atoms with E-state index in [1.807, 2.05) is 30.3 Å². The number of anilines is 1. The Morgan fingerprint density at radius 2 is 1.91 bits per heavy atom. The van der Waals surface area contributed by atoms with Gasteiger partial charge >= 0.3 is 0 Å². The third-order valence-corrected chi connectivity index (χ3v) is 4.60. The first kappa shape index (κ1) is 14.6. The van der Waals surface area contributed by atoms with E-state index in [-0.39, 0.29) is 24.0 Å². The molecule has 2 aromatic carbocycles. The summed E-state index contributed by atoms with van der Waals surface area (Å²) < 4.78 is 32.4. The summed E-state index contributed by atoms with van der Waals surface area (Å²) in [6.45, 7) is 0.0891. The number of sulfonamides is 1. The van der Waals surface area contributed by atoms with Crippen molar-refractivity contribution in [2.24, 2.45) is 0 Å². The molecule has 1 aliphatic heterocycles. The topological polar surface area (TPSA) is 84.5 Å². The third kappa shape index (κ3) is 3.10. The second-order valence-electron chi connectivity index (χ2n) is 4.80. The minimum atomic E-state index is -3.65. The molecule has 0 atom stereocenters. The summed E-state index contributed by atoms with van der Waals surface area (Å²) in [5, 5.41) is 2.62. The summed E-state index contributed by atoms with van der Waals surface area (Å²) >= 11 is 0. The maximum absolute atomic E-state index is 12.3. The number of carbonyl (C=O) groups is 1. The number of carbonyl (C=O) groups excluding carboxylic acids is 1. The van der Waals surface area contributed by atoms with E-state index in [4.69, 9.17) is 4.74 Å². The predicted octanol–water partition coefficient (Wildman–Crippen LogP) is 1.50. The smallest absolute Gasteiger partial charge is 0.262 e. The molecule has 114 valence electrons. The van der Waals surface area contributed by atoms with Crippen LogP contribution in [0.3, 0.4) is 0 Å². The number of rotatable bonds is 4. The van der Waals surface area contributed by atoms with Crippen LogP contribution in [0.25, 0.3) is 0 Å². The molecule has 6 nitrogen and oxygen atoms in total. The van der Waals surface area contributed by atoms with Crippen molar-refractivity contribution in [1.82, 2.24) is 4.72 Å². The summed E-state index contributed by atoms with van der Waals surface area (Å²) in [4.78, 5) is 11.3. The molecule has 1 amide bonds. The quantitative estimate of drug-likeness (QED) is 0.894. The summed E-state index contributed by atoms with van der Waals surface area (Å²) in [5.41, 5.74) is 1.34. The van der Waals surface area contributed by atoms with Gasteiger partial charge in [0.05, 0.1) is 10.6 Å². The van der Waals surface area contributed by atoms with Crippen LogP contribution >= 0.6 is 0 Å². The maximum Gasteiger partial charge on any atom is 0.262 e. The van der Waals surface area contributed by atoms with Crippen LogP contribution in [-0.4, -0.2) is 20.9 Å². The molecule has 1 aliphatic rings. The SMILES string of the molecule is O=C1COc2cc(S(=O)(=O)NCc3ccccc3)ccc2N1. The highest BCUT2D eigenvalue weighted by Crippen LogP contribution is 2.30. The Hall–Kier alpha value is -2.38. The van der Waals surface area contributed by atoms with Gasteiger partial charge in [-0.2, -0.15) is 0 Å². The van der Waals surface area contributed by atoms with Gasteiger partial charge in [-0.3, -0.25) is 4.79 Å². The molecule has 0 saturated carbocycles. The fourth-order valence-corrected chi connectivity index (χ4v) is 3.11. The van der Waals surface area contributed by atoms with Gasteiger partial charge in [0.15, 0.2) is 6.61 Å². The molecule has 0 unspecified atom stereocenters. The molecule has 1 heterocycles. The highest BCUT2D eigenvalue weighted by molar-refractivity contribution is 7.89. The summed E-state index contributed by atoms with van der Waals surface area (Å²) in [6, 6.07) is 13.6. The molecule has 3 rings (SSSR count). The largest absolute Gasteiger partial charge is 0.482 e. The number of nitrogens with one attached hydrogen (secondary N) is 2. The molecule has 22 heavy (non-hydrogen) atoms. The average molecular weight is 318 g/mol. The fraction of sp³-hybridized carbons (Fsp3) is 0.133. The van der Waals surface area contributed by atoms with E-state index >= 15 is 0 Å². The number of hydrogen-bond donors (Lipinski definition) is 2. The highest BCUT2D eigenvalue weighted by Gasteiger charge is 2.20. The minimum Gasteiger partial charge on any atom is -0.482 e. The first-order valence-electron chi connectivity index (χ1n) is 6.65. The monoisotopic (exact) mass is 318 g/mol. The van der Waals surface area contributed by atoms with Gasteiger partial charge in [-0.25, -0.2) is 13.1 Å². The zero-order valence-corrected chi connectivity index (χ0v) is 12.4. The molecule has 0 bridgehead atoms. The van der Waals surface area contributed by atoms with E-state index in [0.29, 0.717) is 11.4 Å². The van der Waals surface area contributed by atoms with E-state index in [1.165, 1.54) is 18.2 Å². The van der Waals surface area contributed by atoms with Gasteiger partial charge in [-0.05, 0) is 17.7 Å². The molecule has 0 saturated heterocycles. The zero-order valence-electron chi connectivity index (χ0n) is 11.6. The van der Waals surface area contributed by atoms with Gasteiger partial charge in [0.2, 0.25) is 10.0 Å². The first-order chi connectivity index (χ1) is 10.5. The summed E-state index contributed by atoms with van der Waals surface area (Å²) in [7, 11) is -3.65. The standard InChI is InChI=1S/C15H14N2O4S/c18-15-10-21-14-8-12(6-7-13(14)17-15)22(19,20)16-9-11-4-2-1-3-5-11/h1-8,16H,9-10H2,(H,17,18). The van der Waals surface area contributed by atoms with Crippen LogP contribution in [0.15, 0.2) is 53.4 Å². The molecule has 0 fully saturated rings. The van der Waals surface area contributed by atoms with Crippen LogP contribution in [0.2, 0.25) is 0 Å². The number of hydrogen-bond acceptors (Lipinski definition) is 4. The average Bonchev–Trinajstić information content (AvgIpc) is 2.53. The van der Waals surface area contributed by atoms with Crippen LogP contribution in [0, 0.1) is 0 Å². The van der Waals surface area contributed by atoms with Gasteiger partial charge in [-0.1, -0.05) is 30.3 Å². The Bertz CT molecular complexity index is 804. The Morgan fingerprint density at radius 1 is 1.14 bits per heavy atom. The molecule has 0 spiro atoms. The Balaban J connectivity index is 1.79. The van der Waals surface area contributed by atoms with Crippen LogP contribution in [0.4, 0.5) is 5.69 Å². The lowest BCUT2D eigenvalue weighted by molar-refractivity contribution is -0.118. The molecule has 0 radical (unpaired) electrons. The van der Waals surface area contributed by atoms with Crippen molar-refractivity contribution in [3.05, 3.63) is 54.1 Å². The minimum absolute atomic E-state index is 0.0957. The van der Waals surface area contributed by atoms with Gasteiger partial charge < -0.3 is 10.1 Å². The van der Waals surface area contributed by atoms with Crippen molar-refractivity contribution >= 4 is 21.6 Å². The van der Waals surface area contributed by atoms with Gasteiger partial charge in [0.1, 0.15) is 5.75 Å². The van der Waals surface area contributed by atoms with Crippen LogP contribution in [0.1, 0.15) is 5.56 Å². The molecule has 0 aromatic heterocycles. The van der Waals surface area contributed by atoms with E-state index < -0.39 is 10.0 Å². The Labute approximate surface area is 128 Å². The fourth-order valence-electron chi connectivity index (χ4n) is 2.08. The predicted molar refractivity (Wildman–Crippen MR) is 81.0 cm³/mol. The van der Waals surface area contributed by atoms with Crippen molar-refractivity contribution in [2.45, 2.75) is 11.4 Å². The molecular weight excluding hydrogens is 304 g/mol. The molecule has 7 heteroatoms. The summed E-state index contributed by atoms with van der Waals surface area (Å²) in [6.07, 6.45) is 0. The van der Waals surface area contributed by atoms with E-state index in [9.17, 15) is 13.2 Å². The van der Waals surface area contributed by atoms with Crippen molar-refractivity contribution in [3.63, 3.8) is 0 Å². The Kier molecular flexibility index (Phi) is 3.82. The zero-order chi connectivity index (χ0) is 15.6. The molecule has 0 aliphatic carbocycles. The summed E-state index contributed by atoms with van der Waals surface area (Å²) in [5.74, 6) is 0.0903. The van der Waals surface area contributed by atoms with Crippen molar-refractivity contribution in [3.8, 4) is 5.75 Å². The van der Waals surface area contributed by atoms with E-state index in [1.54, 1.807) is 0 Å². The number of benzene rings is 2. The van der Waals surface area contributed by atoms with E-state index in [0.717, 1.165) is 5.56 Å². The number of amides is 1. The second-order valence-corrected chi connectivity index (χ2v) is 6.57. The van der Waals surface area contributed by atoms with Crippen molar-refractivity contribution in [1.29, 1.82) is 0 Å². The van der Waals surface area contributed by atoms with Crippen molar-refractivity contribution < 1.29 is 17.9 Å². The van der Waals surface area contributed by atoms with Gasteiger partial charge in [-0.15, -0.1) is 0 Å². The third-order valence-electron chi connectivity index (χ3n) is 3.21.